The van der Waals surface area contributed by atoms with Gasteiger partial charge in [-0.15, -0.1) is 0 Å². The Bertz CT molecular complexity index is 1010. The van der Waals surface area contributed by atoms with Gasteiger partial charge in [-0.1, -0.05) is 17.7 Å². The van der Waals surface area contributed by atoms with Crippen LogP contribution in [0.2, 0.25) is 5.02 Å². The Labute approximate surface area is 166 Å². The van der Waals surface area contributed by atoms with Crippen LogP contribution in [0.25, 0.3) is 0 Å². The van der Waals surface area contributed by atoms with Crippen molar-refractivity contribution in [1.29, 1.82) is 5.26 Å². The number of anilines is 2. The quantitative estimate of drug-likeness (QED) is 0.594. The largest absolute Gasteiger partial charge is 0.465 e. The molecule has 8 heteroatoms. The van der Waals surface area contributed by atoms with E-state index < -0.39 is 23.2 Å². The Balaban J connectivity index is 1.76. The Morgan fingerprint density at radius 3 is 2.46 bits per heavy atom. The third kappa shape index (κ3) is 3.82. The smallest absolute Gasteiger partial charge is 0.337 e. The molecule has 2 aromatic rings. The summed E-state index contributed by atoms with van der Waals surface area (Å²) in [6, 6.07) is 12.8. The van der Waals surface area contributed by atoms with Crippen molar-refractivity contribution in [3.63, 3.8) is 0 Å². The van der Waals surface area contributed by atoms with Gasteiger partial charge < -0.3 is 15.4 Å². The van der Waals surface area contributed by atoms with Gasteiger partial charge in [-0.25, -0.2) is 4.79 Å². The lowest BCUT2D eigenvalue weighted by Crippen LogP contribution is -2.35. The number of hydrogen-bond acceptors (Lipinski definition) is 5. The number of carbonyl (C=O) groups excluding carboxylic acids is 3. The van der Waals surface area contributed by atoms with Gasteiger partial charge in [0.1, 0.15) is 5.41 Å². The van der Waals surface area contributed by atoms with Crippen molar-refractivity contribution < 1.29 is 19.1 Å². The van der Waals surface area contributed by atoms with E-state index in [0.717, 1.165) is 0 Å². The van der Waals surface area contributed by atoms with Gasteiger partial charge in [-0.2, -0.15) is 5.26 Å². The summed E-state index contributed by atoms with van der Waals surface area (Å²) >= 11 is 6.10. The molecule has 3 rings (SSSR count). The molecule has 1 aliphatic carbocycles. The fourth-order valence-electron chi connectivity index (χ4n) is 2.71. The Kier molecular flexibility index (Phi) is 5.34. The van der Waals surface area contributed by atoms with Crippen molar-refractivity contribution in [2.24, 2.45) is 5.41 Å². The summed E-state index contributed by atoms with van der Waals surface area (Å²) in [4.78, 5) is 37.1. The van der Waals surface area contributed by atoms with Gasteiger partial charge >= 0.3 is 5.97 Å². The number of methoxy groups -OCH3 is 1. The fraction of sp³-hybridized carbons (Fsp3) is 0.200. The predicted molar refractivity (Wildman–Crippen MR) is 103 cm³/mol. The number of halogens is 1. The molecule has 0 aromatic heterocycles. The van der Waals surface area contributed by atoms with Gasteiger partial charge in [0.25, 0.3) is 0 Å². The van der Waals surface area contributed by atoms with Gasteiger partial charge in [-0.05, 0) is 49.2 Å². The molecule has 0 bridgehead atoms. The van der Waals surface area contributed by atoms with Gasteiger partial charge in [-0.3, -0.25) is 9.59 Å². The lowest BCUT2D eigenvalue weighted by molar-refractivity contribution is -0.131. The molecular weight excluding hydrogens is 382 g/mol. The highest BCUT2D eigenvalue weighted by Crippen LogP contribution is 2.47. The second kappa shape index (κ2) is 7.71. The first-order chi connectivity index (χ1) is 13.4. The molecule has 0 unspecified atom stereocenters. The molecule has 2 amide bonds. The van der Waals surface area contributed by atoms with Crippen LogP contribution < -0.4 is 10.6 Å². The minimum atomic E-state index is -1.22. The number of nitrogens with one attached hydrogen (secondary N) is 2. The zero-order valence-corrected chi connectivity index (χ0v) is 15.7. The molecule has 28 heavy (non-hydrogen) atoms. The van der Waals surface area contributed by atoms with E-state index in [2.05, 4.69) is 15.4 Å². The van der Waals surface area contributed by atoms with Crippen LogP contribution in [0.4, 0.5) is 11.4 Å². The second-order valence-corrected chi connectivity index (χ2v) is 6.78. The van der Waals surface area contributed by atoms with Crippen LogP contribution in [-0.4, -0.2) is 24.9 Å². The number of carbonyl (C=O) groups is 3. The van der Waals surface area contributed by atoms with Gasteiger partial charge in [0.05, 0.1) is 35.0 Å². The Morgan fingerprint density at radius 2 is 1.82 bits per heavy atom. The molecule has 0 atom stereocenters. The van der Waals surface area contributed by atoms with E-state index in [1.807, 2.05) is 6.07 Å². The topological polar surface area (TPSA) is 108 Å². The molecule has 0 spiro atoms. The van der Waals surface area contributed by atoms with E-state index >= 15 is 0 Å². The third-order valence-corrected chi connectivity index (χ3v) is 4.83. The summed E-state index contributed by atoms with van der Waals surface area (Å²) in [5.41, 5.74) is 0.0741. The summed E-state index contributed by atoms with van der Waals surface area (Å²) in [5.74, 6) is -1.53. The molecule has 1 saturated carbocycles. The van der Waals surface area contributed by atoms with E-state index in [4.69, 9.17) is 16.9 Å². The van der Waals surface area contributed by atoms with Crippen molar-refractivity contribution in [3.8, 4) is 6.07 Å². The first-order valence-electron chi connectivity index (χ1n) is 8.40. The zero-order valence-electron chi connectivity index (χ0n) is 14.9. The van der Waals surface area contributed by atoms with Crippen LogP contribution in [-0.2, 0) is 14.3 Å². The average molecular weight is 398 g/mol. The molecule has 0 radical (unpaired) electrons. The molecule has 0 saturated heterocycles. The number of ether oxygens (including phenoxy) is 1. The minimum absolute atomic E-state index is 0.222. The molecule has 2 aromatic carbocycles. The highest BCUT2D eigenvalue weighted by atomic mass is 35.5. The third-order valence-electron chi connectivity index (χ3n) is 4.50. The predicted octanol–water partition coefficient (Wildman–Crippen LogP) is 3.36. The van der Waals surface area contributed by atoms with Crippen LogP contribution >= 0.6 is 11.6 Å². The maximum Gasteiger partial charge on any atom is 0.337 e. The minimum Gasteiger partial charge on any atom is -0.465 e. The zero-order chi connectivity index (χ0) is 20.3. The molecule has 0 heterocycles. The summed E-state index contributed by atoms with van der Waals surface area (Å²) in [6.45, 7) is 0. The molecule has 2 N–H and O–H groups in total. The van der Waals surface area contributed by atoms with E-state index in [1.165, 1.54) is 31.4 Å². The molecule has 0 aliphatic heterocycles. The molecule has 1 aliphatic rings. The normalized spacial score (nSPS) is 13.8. The van der Waals surface area contributed by atoms with E-state index in [9.17, 15) is 14.4 Å². The average Bonchev–Trinajstić information content (AvgIpc) is 3.51. The summed E-state index contributed by atoms with van der Waals surface area (Å²) in [7, 11) is 1.25. The number of nitriles is 1. The summed E-state index contributed by atoms with van der Waals surface area (Å²) in [6.07, 6.45) is 0.772. The van der Waals surface area contributed by atoms with E-state index in [0.29, 0.717) is 24.1 Å². The van der Waals surface area contributed by atoms with Crippen molar-refractivity contribution in [3.05, 3.63) is 58.6 Å². The first kappa shape index (κ1) is 19.4. The van der Waals surface area contributed by atoms with Crippen LogP contribution in [0.15, 0.2) is 42.5 Å². The number of esters is 1. The SMILES string of the molecule is COC(=O)c1ccc(Cl)c(NC(=O)C2(C(=O)Nc3cccc(C#N)c3)CC2)c1. The van der Waals surface area contributed by atoms with Gasteiger partial charge in [0, 0.05) is 5.69 Å². The highest BCUT2D eigenvalue weighted by molar-refractivity contribution is 6.34. The second-order valence-electron chi connectivity index (χ2n) is 6.37. The van der Waals surface area contributed by atoms with Crippen LogP contribution in [0.1, 0.15) is 28.8 Å². The maximum absolute atomic E-state index is 12.8. The lowest BCUT2D eigenvalue weighted by atomic mass is 10.0. The highest BCUT2D eigenvalue weighted by Gasteiger charge is 2.56. The van der Waals surface area contributed by atoms with Gasteiger partial charge in [0.15, 0.2) is 0 Å². The molecule has 7 nitrogen and oxygen atoms in total. The van der Waals surface area contributed by atoms with Crippen molar-refractivity contribution in [2.75, 3.05) is 17.7 Å². The molecule has 142 valence electrons. The number of benzene rings is 2. The summed E-state index contributed by atoms with van der Waals surface area (Å²) in [5, 5.41) is 14.5. The Hall–Kier alpha value is -3.37. The van der Waals surface area contributed by atoms with Crippen molar-refractivity contribution in [2.45, 2.75) is 12.8 Å². The molecular formula is C20H16ClN3O4. The first-order valence-corrected chi connectivity index (χ1v) is 8.78. The monoisotopic (exact) mass is 397 g/mol. The van der Waals surface area contributed by atoms with Crippen LogP contribution in [0, 0.1) is 16.7 Å². The van der Waals surface area contributed by atoms with E-state index in [-0.39, 0.29) is 16.3 Å². The number of amides is 2. The number of rotatable bonds is 5. The lowest BCUT2D eigenvalue weighted by Gasteiger charge is -2.16. The van der Waals surface area contributed by atoms with Crippen molar-refractivity contribution in [1.82, 2.24) is 0 Å². The number of nitrogens with zero attached hydrogens (tertiary/aromatic N) is 1. The maximum atomic E-state index is 12.8. The molecule has 1 fully saturated rings. The van der Waals surface area contributed by atoms with Crippen LogP contribution in [0.5, 0.6) is 0 Å². The van der Waals surface area contributed by atoms with Gasteiger partial charge in [0.2, 0.25) is 11.8 Å². The van der Waals surface area contributed by atoms with E-state index in [1.54, 1.807) is 18.2 Å². The van der Waals surface area contributed by atoms with Crippen LogP contribution in [0.3, 0.4) is 0 Å². The fourth-order valence-corrected chi connectivity index (χ4v) is 2.87. The standard InChI is InChI=1S/C20H16ClN3O4/c1-28-17(25)13-5-6-15(21)16(10-13)24-19(27)20(7-8-20)18(26)23-14-4-2-3-12(9-14)11-22/h2-6,9-10H,7-8H2,1H3,(H,23,26)(H,24,27). The van der Waals surface area contributed by atoms with Crippen molar-refractivity contribution >= 4 is 40.8 Å². The Morgan fingerprint density at radius 1 is 1.11 bits per heavy atom. The summed E-state index contributed by atoms with van der Waals surface area (Å²) < 4.78 is 4.66. The number of hydrogen-bond donors (Lipinski definition) is 2.